The number of phenols is 3. The Kier molecular flexibility index (Phi) is 6.27. The lowest BCUT2D eigenvalue weighted by atomic mass is 10.0. The summed E-state index contributed by atoms with van der Waals surface area (Å²) in [7, 11) is 0. The summed E-state index contributed by atoms with van der Waals surface area (Å²) in [6.07, 6.45) is 1.97. The minimum atomic E-state index is 0.112. The second-order valence-corrected chi connectivity index (χ2v) is 7.81. The fourth-order valence-corrected chi connectivity index (χ4v) is 3.91. The van der Waals surface area contributed by atoms with Gasteiger partial charge in [0, 0.05) is 0 Å². The van der Waals surface area contributed by atoms with Gasteiger partial charge in [0.2, 0.25) is 0 Å². The van der Waals surface area contributed by atoms with E-state index in [-0.39, 0.29) is 34.7 Å². The van der Waals surface area contributed by atoms with Gasteiger partial charge in [0.15, 0.2) is 17.5 Å². The molecule has 6 heteroatoms. The van der Waals surface area contributed by atoms with E-state index in [0.29, 0.717) is 36.0 Å². The van der Waals surface area contributed by atoms with Gasteiger partial charge in [-0.15, -0.1) is 0 Å². The Labute approximate surface area is 193 Å². The van der Waals surface area contributed by atoms with Gasteiger partial charge in [-0.25, -0.2) is 15.0 Å². The number of phenolic OH excluding ortho intramolecular Hbond substituents is 3. The molecule has 0 spiro atoms. The molecule has 4 rings (SSSR count). The fraction of sp³-hybridized carbons (Fsp3) is 0.222. The molecule has 0 fully saturated rings. The zero-order chi connectivity index (χ0) is 23.5. The topological polar surface area (TPSA) is 99.4 Å². The van der Waals surface area contributed by atoms with Gasteiger partial charge in [0.1, 0.15) is 17.2 Å². The quantitative estimate of drug-likeness (QED) is 0.356. The second-order valence-electron chi connectivity index (χ2n) is 7.81. The molecule has 0 radical (unpaired) electrons. The normalized spacial score (nSPS) is 11.0. The van der Waals surface area contributed by atoms with E-state index in [1.165, 1.54) is 0 Å². The Hall–Kier alpha value is -3.93. The minimum absolute atomic E-state index is 0.112. The maximum Gasteiger partial charge on any atom is 0.167 e. The molecular weight excluding hydrogens is 414 g/mol. The zero-order valence-corrected chi connectivity index (χ0v) is 19.0. The van der Waals surface area contributed by atoms with E-state index in [1.807, 2.05) is 57.2 Å². The smallest absolute Gasteiger partial charge is 0.167 e. The highest BCUT2D eigenvalue weighted by atomic mass is 16.3. The monoisotopic (exact) mass is 441 g/mol. The van der Waals surface area contributed by atoms with Crippen molar-refractivity contribution < 1.29 is 15.3 Å². The van der Waals surface area contributed by atoms with Crippen LogP contribution < -0.4 is 0 Å². The predicted octanol–water partition coefficient (Wildman–Crippen LogP) is 5.68. The van der Waals surface area contributed by atoms with Gasteiger partial charge >= 0.3 is 0 Å². The third kappa shape index (κ3) is 4.12. The SMILES string of the molecule is CCc1cccc(-c2nc(-c3cccc(CC)c3O)nc(-c3cccc(CC)c3O)n2)c1O. The van der Waals surface area contributed by atoms with E-state index >= 15 is 0 Å². The molecule has 0 aliphatic carbocycles. The van der Waals surface area contributed by atoms with Crippen LogP contribution in [0.2, 0.25) is 0 Å². The van der Waals surface area contributed by atoms with E-state index < -0.39 is 0 Å². The van der Waals surface area contributed by atoms with E-state index in [9.17, 15) is 15.3 Å². The molecule has 168 valence electrons. The maximum atomic E-state index is 10.8. The molecule has 6 nitrogen and oxygen atoms in total. The Morgan fingerprint density at radius 3 is 1.00 bits per heavy atom. The number of nitrogens with zero attached hydrogens (tertiary/aromatic N) is 3. The summed E-state index contributed by atoms with van der Waals surface area (Å²) in [5.74, 6) is 1.14. The number of para-hydroxylation sites is 3. The molecule has 0 amide bonds. The van der Waals surface area contributed by atoms with Crippen LogP contribution in [-0.4, -0.2) is 30.3 Å². The van der Waals surface area contributed by atoms with Crippen molar-refractivity contribution >= 4 is 0 Å². The zero-order valence-electron chi connectivity index (χ0n) is 19.0. The standard InChI is InChI=1S/C27H27N3O3/c1-4-16-10-7-13-19(22(16)31)25-28-26(20-14-8-11-17(5-2)23(20)32)30-27(29-25)21-15-9-12-18(6-3)24(21)33/h7-15,31-33H,4-6H2,1-3H3. The van der Waals surface area contributed by atoms with Gasteiger partial charge in [0.05, 0.1) is 16.7 Å². The van der Waals surface area contributed by atoms with Crippen LogP contribution in [0, 0.1) is 0 Å². The molecule has 0 atom stereocenters. The summed E-state index contributed by atoms with van der Waals surface area (Å²) in [5, 5.41) is 32.5. The summed E-state index contributed by atoms with van der Waals surface area (Å²) in [6, 6.07) is 16.4. The summed E-state index contributed by atoms with van der Waals surface area (Å²) in [5.41, 5.74) is 3.75. The first-order valence-corrected chi connectivity index (χ1v) is 11.2. The van der Waals surface area contributed by atoms with Crippen LogP contribution in [0.4, 0.5) is 0 Å². The van der Waals surface area contributed by atoms with Gasteiger partial charge in [-0.1, -0.05) is 57.2 Å². The molecular formula is C27H27N3O3. The van der Waals surface area contributed by atoms with Gasteiger partial charge in [-0.3, -0.25) is 0 Å². The molecule has 3 N–H and O–H groups in total. The van der Waals surface area contributed by atoms with E-state index in [1.54, 1.807) is 18.2 Å². The van der Waals surface area contributed by atoms with Gasteiger partial charge in [0.25, 0.3) is 0 Å². The van der Waals surface area contributed by atoms with Crippen LogP contribution in [0.25, 0.3) is 34.2 Å². The predicted molar refractivity (Wildman–Crippen MR) is 129 cm³/mol. The summed E-state index contributed by atoms with van der Waals surface area (Å²) >= 11 is 0. The highest BCUT2D eigenvalue weighted by Gasteiger charge is 2.20. The number of aromatic hydroxyl groups is 3. The first kappa shape index (κ1) is 22.3. The molecule has 0 unspecified atom stereocenters. The molecule has 0 aliphatic rings. The molecule has 4 aromatic rings. The number of aromatic nitrogens is 3. The fourth-order valence-electron chi connectivity index (χ4n) is 3.91. The lowest BCUT2D eigenvalue weighted by molar-refractivity contribution is 0.470. The van der Waals surface area contributed by atoms with E-state index in [2.05, 4.69) is 15.0 Å². The molecule has 0 aliphatic heterocycles. The summed E-state index contributed by atoms with van der Waals surface area (Å²) < 4.78 is 0. The van der Waals surface area contributed by atoms with Crippen LogP contribution >= 0.6 is 0 Å². The third-order valence-electron chi connectivity index (χ3n) is 5.86. The first-order valence-electron chi connectivity index (χ1n) is 11.2. The van der Waals surface area contributed by atoms with Crippen LogP contribution in [0.5, 0.6) is 17.2 Å². The van der Waals surface area contributed by atoms with E-state index in [0.717, 1.165) is 16.7 Å². The van der Waals surface area contributed by atoms with Crippen LogP contribution in [0.1, 0.15) is 37.5 Å². The first-order chi connectivity index (χ1) is 16.0. The maximum absolute atomic E-state index is 10.8. The second kappa shape index (κ2) is 9.28. The molecule has 3 aromatic carbocycles. The highest BCUT2D eigenvalue weighted by molar-refractivity contribution is 5.75. The van der Waals surface area contributed by atoms with Crippen LogP contribution in [-0.2, 0) is 19.3 Å². The summed E-state index contributed by atoms with van der Waals surface area (Å²) in [6.45, 7) is 5.89. The van der Waals surface area contributed by atoms with Crippen molar-refractivity contribution in [1.82, 2.24) is 15.0 Å². The number of benzene rings is 3. The number of rotatable bonds is 6. The molecule has 0 bridgehead atoms. The van der Waals surface area contributed by atoms with Crippen molar-refractivity contribution in [3.05, 3.63) is 71.3 Å². The number of hydrogen-bond donors (Lipinski definition) is 3. The number of hydrogen-bond acceptors (Lipinski definition) is 6. The highest BCUT2D eigenvalue weighted by Crippen LogP contribution is 2.37. The summed E-state index contributed by atoms with van der Waals surface area (Å²) in [4.78, 5) is 13.9. The van der Waals surface area contributed by atoms with Crippen molar-refractivity contribution in [2.24, 2.45) is 0 Å². The number of aryl methyl sites for hydroxylation is 3. The lowest BCUT2D eigenvalue weighted by Gasteiger charge is -2.13. The third-order valence-corrected chi connectivity index (χ3v) is 5.86. The van der Waals surface area contributed by atoms with Gasteiger partial charge < -0.3 is 15.3 Å². The molecule has 33 heavy (non-hydrogen) atoms. The van der Waals surface area contributed by atoms with Crippen molar-refractivity contribution in [3.8, 4) is 51.4 Å². The van der Waals surface area contributed by atoms with Crippen molar-refractivity contribution in [1.29, 1.82) is 0 Å². The molecule has 1 heterocycles. The Bertz CT molecular complexity index is 1150. The Balaban J connectivity index is 2.01. The van der Waals surface area contributed by atoms with Crippen molar-refractivity contribution in [3.63, 3.8) is 0 Å². The Morgan fingerprint density at radius 1 is 0.485 bits per heavy atom. The lowest BCUT2D eigenvalue weighted by Crippen LogP contribution is -2.02. The molecule has 1 aromatic heterocycles. The van der Waals surface area contributed by atoms with Crippen molar-refractivity contribution in [2.75, 3.05) is 0 Å². The Morgan fingerprint density at radius 2 is 0.758 bits per heavy atom. The average molecular weight is 442 g/mol. The van der Waals surface area contributed by atoms with Crippen LogP contribution in [0.15, 0.2) is 54.6 Å². The average Bonchev–Trinajstić information content (AvgIpc) is 2.84. The molecule has 0 saturated carbocycles. The minimum Gasteiger partial charge on any atom is -0.507 e. The van der Waals surface area contributed by atoms with Crippen LogP contribution in [0.3, 0.4) is 0 Å². The van der Waals surface area contributed by atoms with Gasteiger partial charge in [-0.05, 0) is 54.2 Å². The largest absolute Gasteiger partial charge is 0.507 e. The van der Waals surface area contributed by atoms with Crippen molar-refractivity contribution in [2.45, 2.75) is 40.0 Å². The van der Waals surface area contributed by atoms with E-state index in [4.69, 9.17) is 0 Å². The van der Waals surface area contributed by atoms with Gasteiger partial charge in [-0.2, -0.15) is 0 Å². The molecule has 0 saturated heterocycles.